The smallest absolute Gasteiger partial charge is 0.0541 e. The van der Waals surface area contributed by atoms with Crippen LogP contribution in [0.15, 0.2) is 255 Å². The lowest BCUT2D eigenvalue weighted by Gasteiger charge is -2.27. The summed E-state index contributed by atoms with van der Waals surface area (Å²) in [5.74, 6) is 0. The third-order valence-corrected chi connectivity index (χ3v) is 15.5. The molecular formula is C66H42N2S. The second kappa shape index (κ2) is 16.0. The standard InChI is InChI=1S/C66H42N2S/c1-4-21-53-43(15-1)35-40-60-59-27-14-26-54(65(59)69-66(53)60)45-33-38-49(39-34-45)67(50-18-13-17-46(41-50)61-42-47-16-2-3-19-51(47)55-22-5-6-23-56(55)61)48-36-31-44(32-37-48)52-20-7-10-28-62(52)68-63-29-11-8-24-57(63)58-25-9-12-30-64(58)68/h1-42H. The first-order valence-corrected chi connectivity index (χ1v) is 24.5. The minimum atomic E-state index is 1.08. The van der Waals surface area contributed by atoms with E-state index in [9.17, 15) is 0 Å². The van der Waals surface area contributed by atoms with E-state index in [1.807, 2.05) is 11.3 Å². The van der Waals surface area contributed by atoms with Crippen molar-refractivity contribution in [2.45, 2.75) is 0 Å². The van der Waals surface area contributed by atoms with Gasteiger partial charge in [0, 0.05) is 53.6 Å². The quantitative estimate of drug-likeness (QED) is 0.145. The Hall–Kier alpha value is -8.76. The molecule has 0 aliphatic heterocycles. The summed E-state index contributed by atoms with van der Waals surface area (Å²) in [5, 5.41) is 12.8. The van der Waals surface area contributed by atoms with Crippen molar-refractivity contribution in [2.75, 3.05) is 4.90 Å². The van der Waals surface area contributed by atoms with Crippen LogP contribution in [0.4, 0.5) is 17.1 Å². The van der Waals surface area contributed by atoms with Crippen LogP contribution in [0.2, 0.25) is 0 Å². The zero-order chi connectivity index (χ0) is 45.4. The molecule has 0 atom stereocenters. The maximum Gasteiger partial charge on any atom is 0.0541 e. The summed E-state index contributed by atoms with van der Waals surface area (Å²) in [7, 11) is 0. The number of para-hydroxylation sites is 3. The van der Waals surface area contributed by atoms with Gasteiger partial charge in [-0.1, -0.05) is 194 Å². The topological polar surface area (TPSA) is 8.17 Å². The number of anilines is 3. The lowest BCUT2D eigenvalue weighted by molar-refractivity contribution is 1.18. The van der Waals surface area contributed by atoms with Crippen molar-refractivity contribution in [1.82, 2.24) is 4.57 Å². The summed E-state index contributed by atoms with van der Waals surface area (Å²) >= 11 is 1.91. The Morgan fingerprint density at radius 3 is 1.55 bits per heavy atom. The molecule has 0 aliphatic carbocycles. The molecule has 0 aliphatic rings. The second-order valence-corrected chi connectivity index (χ2v) is 19.0. The number of hydrogen-bond donors (Lipinski definition) is 0. The van der Waals surface area contributed by atoms with E-state index < -0.39 is 0 Å². The molecule has 0 fully saturated rings. The number of hydrogen-bond acceptors (Lipinski definition) is 2. The molecule has 0 amide bonds. The normalized spacial score (nSPS) is 11.8. The summed E-state index contributed by atoms with van der Waals surface area (Å²) in [6.07, 6.45) is 0. The lowest BCUT2D eigenvalue weighted by Crippen LogP contribution is -2.10. The van der Waals surface area contributed by atoms with E-state index in [2.05, 4.69) is 264 Å². The fourth-order valence-electron chi connectivity index (χ4n) is 11.0. The maximum atomic E-state index is 2.42. The summed E-state index contributed by atoms with van der Waals surface area (Å²) in [6.45, 7) is 0. The third-order valence-electron chi connectivity index (χ3n) is 14.2. The van der Waals surface area contributed by atoms with Crippen molar-refractivity contribution in [1.29, 1.82) is 0 Å². The third kappa shape index (κ3) is 6.39. The highest BCUT2D eigenvalue weighted by molar-refractivity contribution is 7.27. The van der Waals surface area contributed by atoms with Crippen LogP contribution in [0.25, 0.3) is 113 Å². The van der Waals surface area contributed by atoms with E-state index in [1.54, 1.807) is 0 Å². The van der Waals surface area contributed by atoms with Crippen molar-refractivity contribution < 1.29 is 0 Å². The van der Waals surface area contributed by atoms with E-state index >= 15 is 0 Å². The number of rotatable bonds is 7. The Morgan fingerprint density at radius 1 is 0.275 bits per heavy atom. The number of fused-ring (bicyclic) bond motifs is 11. The van der Waals surface area contributed by atoms with E-state index in [-0.39, 0.29) is 0 Å². The largest absolute Gasteiger partial charge is 0.310 e. The molecule has 0 saturated heterocycles. The Balaban J connectivity index is 0.908. The van der Waals surface area contributed by atoms with Gasteiger partial charge in [-0.15, -0.1) is 11.3 Å². The molecule has 69 heavy (non-hydrogen) atoms. The molecule has 0 saturated carbocycles. The molecule has 14 rings (SSSR count). The average Bonchev–Trinajstić information content (AvgIpc) is 3.98. The molecule has 0 bridgehead atoms. The van der Waals surface area contributed by atoms with Gasteiger partial charge in [-0.2, -0.15) is 0 Å². The monoisotopic (exact) mass is 894 g/mol. The molecule has 322 valence electrons. The molecule has 14 aromatic rings. The number of aromatic nitrogens is 1. The number of benzene rings is 12. The SMILES string of the molecule is c1cc(-c2cc3ccccc3c3ccccc23)cc(N(c2ccc(-c3ccccc3-n3c4ccccc4c4ccccc43)cc2)c2ccc(-c3cccc4c3sc3c5ccccc5ccc43)cc2)c1. The van der Waals surface area contributed by atoms with Crippen LogP contribution in [0.1, 0.15) is 0 Å². The first-order chi connectivity index (χ1) is 34.2. The summed E-state index contributed by atoms with van der Waals surface area (Å²) in [6, 6.07) is 93.6. The van der Waals surface area contributed by atoms with Crippen LogP contribution in [-0.2, 0) is 0 Å². The Bertz CT molecular complexity index is 4260. The number of thiophene rings is 1. The fourth-order valence-corrected chi connectivity index (χ4v) is 12.4. The predicted octanol–water partition coefficient (Wildman–Crippen LogP) is 19.1. The molecule has 12 aromatic carbocycles. The highest BCUT2D eigenvalue weighted by atomic mass is 32.1. The van der Waals surface area contributed by atoms with Crippen LogP contribution >= 0.6 is 11.3 Å². The second-order valence-electron chi connectivity index (χ2n) is 18.0. The zero-order valence-electron chi connectivity index (χ0n) is 37.6. The van der Waals surface area contributed by atoms with Gasteiger partial charge < -0.3 is 9.47 Å². The molecule has 2 aromatic heterocycles. The van der Waals surface area contributed by atoms with Gasteiger partial charge in [0.2, 0.25) is 0 Å². The van der Waals surface area contributed by atoms with Gasteiger partial charge >= 0.3 is 0 Å². The molecule has 3 heteroatoms. The average molecular weight is 895 g/mol. The van der Waals surface area contributed by atoms with Crippen LogP contribution in [-0.4, -0.2) is 4.57 Å². The van der Waals surface area contributed by atoms with Crippen molar-refractivity contribution in [3.63, 3.8) is 0 Å². The summed E-state index contributed by atoms with van der Waals surface area (Å²) in [5.41, 5.74) is 14.0. The highest BCUT2D eigenvalue weighted by Gasteiger charge is 2.19. The van der Waals surface area contributed by atoms with Gasteiger partial charge in [0.25, 0.3) is 0 Å². The lowest BCUT2D eigenvalue weighted by atomic mass is 9.93. The van der Waals surface area contributed by atoms with E-state index in [4.69, 9.17) is 0 Å². The summed E-state index contributed by atoms with van der Waals surface area (Å²) < 4.78 is 5.09. The maximum absolute atomic E-state index is 2.42. The van der Waals surface area contributed by atoms with Gasteiger partial charge in [-0.25, -0.2) is 0 Å². The minimum Gasteiger partial charge on any atom is -0.310 e. The first kappa shape index (κ1) is 39.4. The van der Waals surface area contributed by atoms with Crippen LogP contribution in [0.5, 0.6) is 0 Å². The van der Waals surface area contributed by atoms with Crippen molar-refractivity contribution in [3.05, 3.63) is 255 Å². The zero-order valence-corrected chi connectivity index (χ0v) is 38.4. The molecule has 0 spiro atoms. The predicted molar refractivity (Wildman–Crippen MR) is 297 cm³/mol. The van der Waals surface area contributed by atoms with E-state index in [0.29, 0.717) is 0 Å². The van der Waals surface area contributed by atoms with E-state index in [1.165, 1.54) is 102 Å². The Morgan fingerprint density at radius 2 is 0.812 bits per heavy atom. The molecule has 2 nitrogen and oxygen atoms in total. The van der Waals surface area contributed by atoms with Gasteiger partial charge in [-0.3, -0.25) is 0 Å². The molecule has 0 unspecified atom stereocenters. The first-order valence-electron chi connectivity index (χ1n) is 23.7. The van der Waals surface area contributed by atoms with Gasteiger partial charge in [0.15, 0.2) is 0 Å². The van der Waals surface area contributed by atoms with Crippen molar-refractivity contribution in [3.8, 4) is 39.1 Å². The van der Waals surface area contributed by atoms with Crippen molar-refractivity contribution >= 4 is 103 Å². The van der Waals surface area contributed by atoms with Gasteiger partial charge in [0.05, 0.1) is 16.7 Å². The van der Waals surface area contributed by atoms with Crippen LogP contribution in [0, 0.1) is 0 Å². The fraction of sp³-hybridized carbons (Fsp3) is 0. The Kier molecular flexibility index (Phi) is 9.11. The molecular weight excluding hydrogens is 853 g/mol. The van der Waals surface area contributed by atoms with Crippen LogP contribution in [0.3, 0.4) is 0 Å². The van der Waals surface area contributed by atoms with Crippen LogP contribution < -0.4 is 4.90 Å². The molecule has 2 heterocycles. The van der Waals surface area contributed by atoms with E-state index in [0.717, 1.165) is 28.3 Å². The summed E-state index contributed by atoms with van der Waals surface area (Å²) in [4.78, 5) is 2.41. The van der Waals surface area contributed by atoms with Gasteiger partial charge in [-0.05, 0) is 121 Å². The Labute approximate surface area is 403 Å². The minimum absolute atomic E-state index is 1.08. The van der Waals surface area contributed by atoms with Crippen molar-refractivity contribution in [2.24, 2.45) is 0 Å². The van der Waals surface area contributed by atoms with Gasteiger partial charge in [0.1, 0.15) is 0 Å². The number of nitrogens with zero attached hydrogens (tertiary/aromatic N) is 2. The molecule has 0 N–H and O–H groups in total. The highest BCUT2D eigenvalue weighted by Crippen LogP contribution is 2.45. The molecule has 0 radical (unpaired) electrons.